The maximum Gasteiger partial charge on any atom is 0.462 e. The first-order chi connectivity index (χ1) is 13.4. The summed E-state index contributed by atoms with van der Waals surface area (Å²) < 4.78 is 142. The van der Waals surface area contributed by atoms with Crippen molar-refractivity contribution in [2.45, 2.75) is 88.5 Å². The van der Waals surface area contributed by atoms with E-state index in [1.165, 1.54) is 5.32 Å². The topological polar surface area (TPSA) is 38.3 Å². The number of halogens is 11. The van der Waals surface area contributed by atoms with Crippen LogP contribution in [0, 0.1) is 0 Å². The summed E-state index contributed by atoms with van der Waals surface area (Å²) in [6.07, 6.45) is -15.2. The Kier molecular flexibility index (Phi) is 10.3. The number of unbranched alkanes of at least 4 members (excludes halogenated alkanes) is 7. The van der Waals surface area contributed by atoms with Crippen LogP contribution in [0.25, 0.3) is 0 Å². The maximum absolute atomic E-state index is 13.9. The fourth-order valence-electron chi connectivity index (χ4n) is 2.21. The van der Waals surface area contributed by atoms with Crippen molar-refractivity contribution in [2.75, 3.05) is 6.54 Å². The molecule has 30 heavy (non-hydrogen) atoms. The predicted molar refractivity (Wildman–Crippen MR) is 82.5 cm³/mol. The van der Waals surface area contributed by atoms with Crippen LogP contribution >= 0.6 is 0 Å². The molecule has 0 aliphatic heterocycles. The van der Waals surface area contributed by atoms with Crippen LogP contribution in [0.15, 0.2) is 0 Å². The molecule has 0 fully saturated rings. The summed E-state index contributed by atoms with van der Waals surface area (Å²) in [4.78, 5) is 11.4. The highest BCUT2D eigenvalue weighted by atomic mass is 19.4. The molecule has 1 amide bonds. The van der Waals surface area contributed by atoms with Gasteiger partial charge in [0.2, 0.25) is 0 Å². The molecular weight excluding hydrogens is 447 g/mol. The van der Waals surface area contributed by atoms with Crippen molar-refractivity contribution in [3.63, 3.8) is 0 Å². The molecule has 1 N–H and O–H groups in total. The van der Waals surface area contributed by atoms with Gasteiger partial charge in [-0.15, -0.1) is 0 Å². The van der Waals surface area contributed by atoms with Crippen LogP contribution in [0.2, 0.25) is 0 Å². The van der Waals surface area contributed by atoms with E-state index in [4.69, 9.17) is 0 Å². The van der Waals surface area contributed by atoms with Gasteiger partial charge in [-0.25, -0.2) is 0 Å². The number of rotatable bonds is 13. The Hall–Kier alpha value is -1.34. The monoisotopic (exact) mass is 469 g/mol. The summed E-state index contributed by atoms with van der Waals surface area (Å²) >= 11 is 0. The Morgan fingerprint density at radius 1 is 0.700 bits per heavy atom. The largest absolute Gasteiger partial charge is 0.462 e. The molecule has 3 nitrogen and oxygen atoms in total. The molecule has 1 atom stereocenters. The molecule has 0 aromatic heterocycles. The zero-order chi connectivity index (χ0) is 23.9. The average molecular weight is 469 g/mol. The third-order valence-corrected chi connectivity index (χ3v) is 3.96. The van der Waals surface area contributed by atoms with Crippen molar-refractivity contribution >= 4 is 5.91 Å². The summed E-state index contributed by atoms with van der Waals surface area (Å²) in [5, 5.41) is 1.24. The van der Waals surface area contributed by atoms with Gasteiger partial charge in [0.15, 0.2) is 0 Å². The second-order valence-electron chi connectivity index (χ2n) is 6.51. The van der Waals surface area contributed by atoms with Gasteiger partial charge < -0.3 is 5.32 Å². The second kappa shape index (κ2) is 10.8. The Morgan fingerprint density at radius 3 is 1.53 bits per heavy atom. The van der Waals surface area contributed by atoms with Gasteiger partial charge in [0.1, 0.15) is 0 Å². The molecule has 0 bridgehead atoms. The summed E-state index contributed by atoms with van der Waals surface area (Å²) in [7, 11) is 0. The lowest BCUT2D eigenvalue weighted by Gasteiger charge is -2.34. The molecule has 0 aliphatic rings. The minimum atomic E-state index is -7.19. The van der Waals surface area contributed by atoms with Crippen molar-refractivity contribution in [1.82, 2.24) is 5.32 Å². The van der Waals surface area contributed by atoms with Crippen molar-refractivity contribution in [2.24, 2.45) is 0 Å². The Morgan fingerprint density at radius 2 is 1.13 bits per heavy atom. The standard InChI is InChI=1S/C16H22F11NO2/c1-2-3-4-5-6-7-8-9-10-28-11(29)12(17,14(20,21)22)30-16(26,27)13(18,19)15(23,24)25/h2-10H2,1H3,(H,28,29)/t12-/m1/s1. The first-order valence-electron chi connectivity index (χ1n) is 9.00. The molecule has 0 heterocycles. The van der Waals surface area contributed by atoms with E-state index in [9.17, 15) is 53.1 Å². The van der Waals surface area contributed by atoms with Crippen LogP contribution < -0.4 is 5.32 Å². The van der Waals surface area contributed by atoms with Gasteiger partial charge in [-0.05, 0) is 6.42 Å². The average Bonchev–Trinajstić information content (AvgIpc) is 2.57. The third kappa shape index (κ3) is 7.41. The number of ether oxygens (including phenoxy) is 1. The fraction of sp³-hybridized carbons (Fsp3) is 0.938. The van der Waals surface area contributed by atoms with E-state index in [2.05, 4.69) is 4.74 Å². The van der Waals surface area contributed by atoms with E-state index in [0.717, 1.165) is 32.1 Å². The second-order valence-corrected chi connectivity index (χ2v) is 6.51. The Labute approximate surface area is 165 Å². The molecule has 0 aromatic carbocycles. The van der Waals surface area contributed by atoms with Crippen LogP contribution in [0.1, 0.15) is 58.3 Å². The van der Waals surface area contributed by atoms with Crippen LogP contribution in [-0.2, 0) is 9.53 Å². The van der Waals surface area contributed by atoms with E-state index in [-0.39, 0.29) is 6.42 Å². The molecule has 0 radical (unpaired) electrons. The van der Waals surface area contributed by atoms with E-state index in [1.54, 1.807) is 0 Å². The first-order valence-corrected chi connectivity index (χ1v) is 9.00. The van der Waals surface area contributed by atoms with Crippen molar-refractivity contribution in [3.05, 3.63) is 0 Å². The first kappa shape index (κ1) is 28.7. The number of carbonyl (C=O) groups is 1. The third-order valence-electron chi connectivity index (χ3n) is 3.96. The van der Waals surface area contributed by atoms with E-state index in [1.807, 2.05) is 6.92 Å². The summed E-state index contributed by atoms with van der Waals surface area (Å²) in [5.41, 5.74) is 0. The molecule has 0 aliphatic carbocycles. The van der Waals surface area contributed by atoms with E-state index < -0.39 is 42.7 Å². The molecule has 180 valence electrons. The predicted octanol–water partition coefficient (Wildman–Crippen LogP) is 6.28. The van der Waals surface area contributed by atoms with Gasteiger partial charge >= 0.3 is 30.2 Å². The molecule has 14 heteroatoms. The molecule has 0 unspecified atom stereocenters. The lowest BCUT2D eigenvalue weighted by Crippen LogP contribution is -2.63. The Bertz CT molecular complexity index is 534. The van der Waals surface area contributed by atoms with Gasteiger partial charge in [-0.3, -0.25) is 9.53 Å². The number of hydrogen-bond donors (Lipinski definition) is 1. The minimum Gasteiger partial charge on any atom is -0.351 e. The number of hydrogen-bond acceptors (Lipinski definition) is 2. The van der Waals surface area contributed by atoms with Crippen LogP contribution in [0.3, 0.4) is 0 Å². The van der Waals surface area contributed by atoms with E-state index >= 15 is 0 Å². The van der Waals surface area contributed by atoms with Crippen LogP contribution in [0.4, 0.5) is 48.3 Å². The highest BCUT2D eigenvalue weighted by molar-refractivity contribution is 5.84. The molecule has 0 saturated carbocycles. The highest BCUT2D eigenvalue weighted by Gasteiger charge is 2.79. The van der Waals surface area contributed by atoms with Crippen LogP contribution in [-0.4, -0.2) is 42.7 Å². The summed E-state index contributed by atoms with van der Waals surface area (Å²) in [6, 6.07) is 0. The van der Waals surface area contributed by atoms with Crippen molar-refractivity contribution in [1.29, 1.82) is 0 Å². The smallest absolute Gasteiger partial charge is 0.351 e. The highest BCUT2D eigenvalue weighted by Crippen LogP contribution is 2.50. The van der Waals surface area contributed by atoms with Gasteiger partial charge in [0.05, 0.1) is 0 Å². The minimum absolute atomic E-state index is 0.0114. The van der Waals surface area contributed by atoms with Crippen molar-refractivity contribution < 1.29 is 57.8 Å². The quantitative estimate of drug-likeness (QED) is 0.255. The number of carbonyl (C=O) groups excluding carboxylic acids is 1. The molecular formula is C16H22F11NO2. The van der Waals surface area contributed by atoms with Gasteiger partial charge in [-0.1, -0.05) is 51.9 Å². The van der Waals surface area contributed by atoms with Crippen LogP contribution in [0.5, 0.6) is 0 Å². The normalized spacial score (nSPS) is 15.7. The molecule has 0 saturated heterocycles. The van der Waals surface area contributed by atoms with Gasteiger partial charge in [0.25, 0.3) is 5.91 Å². The number of alkyl halides is 11. The Balaban J connectivity index is 4.97. The van der Waals surface area contributed by atoms with E-state index in [0.29, 0.717) is 12.8 Å². The molecule has 0 spiro atoms. The number of nitrogens with one attached hydrogen (secondary N) is 1. The summed E-state index contributed by atoms with van der Waals surface area (Å²) in [5.74, 6) is -16.3. The van der Waals surface area contributed by atoms with Gasteiger partial charge in [0, 0.05) is 6.54 Å². The lowest BCUT2D eigenvalue weighted by molar-refractivity contribution is -0.472. The molecule has 0 aromatic rings. The fourth-order valence-corrected chi connectivity index (χ4v) is 2.21. The molecule has 0 rings (SSSR count). The zero-order valence-electron chi connectivity index (χ0n) is 15.8. The number of amides is 1. The maximum atomic E-state index is 13.9. The zero-order valence-corrected chi connectivity index (χ0v) is 15.8. The SMILES string of the molecule is CCCCCCCCCCNC(=O)[C@@](F)(OC(F)(F)C(F)(F)C(F)(F)F)C(F)(F)F. The van der Waals surface area contributed by atoms with Gasteiger partial charge in [-0.2, -0.15) is 48.3 Å². The van der Waals surface area contributed by atoms with Crippen molar-refractivity contribution in [3.8, 4) is 0 Å². The lowest BCUT2D eigenvalue weighted by atomic mass is 10.1. The summed E-state index contributed by atoms with van der Waals surface area (Å²) in [6.45, 7) is 1.33.